The van der Waals surface area contributed by atoms with Gasteiger partial charge in [-0.3, -0.25) is 0 Å². The molecule has 3 rings (SSSR count). The number of aryl methyl sites for hydroxylation is 1. The highest BCUT2D eigenvalue weighted by atomic mass is 16.6. The number of unbranched alkanes of at least 4 members (excludes halogenated alkanes) is 2. The van der Waals surface area contributed by atoms with Gasteiger partial charge in [0.1, 0.15) is 37.9 Å². The fraction of sp³-hybridized carbons (Fsp3) is 0.500. The van der Waals surface area contributed by atoms with E-state index in [9.17, 15) is 9.59 Å². The minimum Gasteiger partial charge on any atom is -0.490 e. The van der Waals surface area contributed by atoms with Crippen molar-refractivity contribution in [2.24, 2.45) is 5.92 Å². The Morgan fingerprint density at radius 1 is 0.795 bits per heavy atom. The smallest absolute Gasteiger partial charge is 0.335 e. The minimum absolute atomic E-state index is 0.0163. The Hall–Kier alpha value is -3.62. The fourth-order valence-corrected chi connectivity index (χ4v) is 5.55. The van der Waals surface area contributed by atoms with Gasteiger partial charge in [-0.2, -0.15) is 0 Å². The first-order chi connectivity index (χ1) is 21.2. The molecule has 0 heterocycles. The molecule has 0 aliphatic heterocycles. The molecule has 0 radical (unpaired) electrons. The maximum absolute atomic E-state index is 11.8. The summed E-state index contributed by atoms with van der Waals surface area (Å²) < 4.78 is 22.0. The van der Waals surface area contributed by atoms with E-state index in [0.29, 0.717) is 17.4 Å². The van der Waals surface area contributed by atoms with Gasteiger partial charge < -0.3 is 29.2 Å². The monoisotopic (exact) mass is 608 g/mol. The molecule has 0 unspecified atom stereocenters. The maximum Gasteiger partial charge on any atom is 0.335 e. The summed E-state index contributed by atoms with van der Waals surface area (Å²) in [6.07, 6.45) is 10.4. The highest BCUT2D eigenvalue weighted by molar-refractivity contribution is 5.88. The second kappa shape index (κ2) is 18.2. The van der Waals surface area contributed by atoms with Crippen molar-refractivity contribution in [2.75, 3.05) is 39.6 Å². The second-order valence-electron chi connectivity index (χ2n) is 11.5. The van der Waals surface area contributed by atoms with Crippen molar-refractivity contribution in [3.63, 3.8) is 0 Å². The van der Waals surface area contributed by atoms with Crippen LogP contribution >= 0.6 is 0 Å². The van der Waals surface area contributed by atoms with Gasteiger partial charge in [-0.25, -0.2) is 9.59 Å². The second-order valence-corrected chi connectivity index (χ2v) is 11.5. The van der Waals surface area contributed by atoms with Gasteiger partial charge in [-0.05, 0) is 78.8 Å². The van der Waals surface area contributed by atoms with Crippen molar-refractivity contribution in [2.45, 2.75) is 71.1 Å². The molecule has 2 aromatic rings. The van der Waals surface area contributed by atoms with Crippen molar-refractivity contribution < 1.29 is 38.7 Å². The number of carbonyl (C=O) groups is 2. The molecule has 0 saturated heterocycles. The van der Waals surface area contributed by atoms with Gasteiger partial charge in [0.2, 0.25) is 0 Å². The SMILES string of the molecule is C=C(CO)C(=O)OCCOc1cc(OCCOC(=O)C(=C)CO)cc(-c2ccc(C3CCC(CCCCC)CC3)cc2C)c1. The number of aliphatic hydroxyl groups excluding tert-OH is 2. The summed E-state index contributed by atoms with van der Waals surface area (Å²) in [4.78, 5) is 23.5. The van der Waals surface area contributed by atoms with Gasteiger partial charge in [0, 0.05) is 6.07 Å². The van der Waals surface area contributed by atoms with Crippen LogP contribution in [0.1, 0.15) is 75.3 Å². The summed E-state index contributed by atoms with van der Waals surface area (Å²) in [5.41, 5.74) is 4.45. The number of rotatable bonds is 18. The first-order valence-electron chi connectivity index (χ1n) is 15.7. The first kappa shape index (κ1) is 34.9. The fourth-order valence-electron chi connectivity index (χ4n) is 5.55. The lowest BCUT2D eigenvalue weighted by atomic mass is 9.76. The molecule has 1 aliphatic rings. The van der Waals surface area contributed by atoms with E-state index in [4.69, 9.17) is 29.2 Å². The van der Waals surface area contributed by atoms with Crippen LogP contribution in [0, 0.1) is 12.8 Å². The maximum atomic E-state index is 11.8. The van der Waals surface area contributed by atoms with Crippen LogP contribution in [0.3, 0.4) is 0 Å². The largest absolute Gasteiger partial charge is 0.490 e. The predicted octanol–water partition coefficient (Wildman–Crippen LogP) is 6.46. The zero-order valence-electron chi connectivity index (χ0n) is 26.3. The van der Waals surface area contributed by atoms with Crippen LogP contribution < -0.4 is 9.47 Å². The molecule has 8 heteroatoms. The van der Waals surface area contributed by atoms with E-state index in [-0.39, 0.29) is 37.6 Å². The number of esters is 2. The van der Waals surface area contributed by atoms with E-state index in [1.807, 2.05) is 12.1 Å². The Bertz CT molecular complexity index is 1200. The van der Waals surface area contributed by atoms with Crippen LogP contribution in [0.15, 0.2) is 60.7 Å². The quantitative estimate of drug-likeness (QED) is 0.113. The Labute approximate surface area is 261 Å². The number of hydrogen-bond donors (Lipinski definition) is 2. The molecule has 1 saturated carbocycles. The summed E-state index contributed by atoms with van der Waals surface area (Å²) in [6.45, 7) is 10.5. The van der Waals surface area contributed by atoms with E-state index in [2.05, 4.69) is 45.2 Å². The van der Waals surface area contributed by atoms with Gasteiger partial charge in [0.15, 0.2) is 0 Å². The highest BCUT2D eigenvalue weighted by Crippen LogP contribution is 2.39. The average molecular weight is 609 g/mol. The third kappa shape index (κ3) is 10.8. The van der Waals surface area contributed by atoms with Crippen LogP contribution in [-0.4, -0.2) is 61.8 Å². The van der Waals surface area contributed by atoms with Crippen molar-refractivity contribution >= 4 is 11.9 Å². The van der Waals surface area contributed by atoms with E-state index < -0.39 is 25.2 Å². The molecule has 2 aromatic carbocycles. The molecule has 1 fully saturated rings. The Morgan fingerprint density at radius 3 is 1.86 bits per heavy atom. The Kier molecular flexibility index (Phi) is 14.5. The summed E-state index contributed by atoms with van der Waals surface area (Å²) in [5.74, 6) is 1.15. The normalized spacial score (nSPS) is 16.2. The summed E-state index contributed by atoms with van der Waals surface area (Å²) in [6, 6.07) is 12.2. The summed E-state index contributed by atoms with van der Waals surface area (Å²) >= 11 is 0. The number of hydrogen-bond acceptors (Lipinski definition) is 8. The number of ether oxygens (including phenoxy) is 4. The topological polar surface area (TPSA) is 112 Å². The summed E-state index contributed by atoms with van der Waals surface area (Å²) in [5, 5.41) is 18.1. The molecule has 240 valence electrons. The lowest BCUT2D eigenvalue weighted by Gasteiger charge is -2.29. The van der Waals surface area contributed by atoms with Crippen LogP contribution in [-0.2, 0) is 19.1 Å². The minimum atomic E-state index is -0.673. The predicted molar refractivity (Wildman–Crippen MR) is 171 cm³/mol. The van der Waals surface area contributed by atoms with E-state index in [0.717, 1.165) is 22.6 Å². The van der Waals surface area contributed by atoms with Crippen molar-refractivity contribution in [3.05, 3.63) is 71.8 Å². The molecule has 8 nitrogen and oxygen atoms in total. The van der Waals surface area contributed by atoms with Crippen LogP contribution in [0.2, 0.25) is 0 Å². The van der Waals surface area contributed by atoms with Crippen LogP contribution in [0.25, 0.3) is 11.1 Å². The molecular formula is C36H48O8. The number of aliphatic hydroxyl groups is 2. The molecule has 2 N–H and O–H groups in total. The molecule has 1 aliphatic carbocycles. The third-order valence-electron chi connectivity index (χ3n) is 8.11. The molecule has 44 heavy (non-hydrogen) atoms. The first-order valence-corrected chi connectivity index (χ1v) is 15.7. The van der Waals surface area contributed by atoms with E-state index in [1.54, 1.807) is 6.07 Å². The third-order valence-corrected chi connectivity index (χ3v) is 8.11. The molecule has 0 spiro atoms. The van der Waals surface area contributed by atoms with E-state index >= 15 is 0 Å². The Morgan fingerprint density at radius 2 is 1.36 bits per heavy atom. The lowest BCUT2D eigenvalue weighted by Crippen LogP contribution is -2.15. The van der Waals surface area contributed by atoms with Crippen molar-refractivity contribution in [1.82, 2.24) is 0 Å². The van der Waals surface area contributed by atoms with Gasteiger partial charge >= 0.3 is 11.9 Å². The zero-order chi connectivity index (χ0) is 31.9. The van der Waals surface area contributed by atoms with Gasteiger partial charge in [0.05, 0.1) is 24.4 Å². The Balaban J connectivity index is 1.70. The van der Waals surface area contributed by atoms with Crippen molar-refractivity contribution in [1.29, 1.82) is 0 Å². The standard InChI is InChI=1S/C36H48O8/c1-5-6-7-8-28-9-11-29(12-10-28)30-13-14-34(25(2)19-30)31-20-32(41-15-17-43-35(39)26(3)23-37)22-33(21-31)42-16-18-44-36(40)27(4)24-38/h13-14,19-22,28-29,37-38H,3-12,15-18,23-24H2,1-2H3. The molecule has 0 atom stereocenters. The highest BCUT2D eigenvalue weighted by Gasteiger charge is 2.22. The molecule has 0 amide bonds. The molecule has 0 bridgehead atoms. The van der Waals surface area contributed by atoms with Gasteiger partial charge in [-0.15, -0.1) is 0 Å². The van der Waals surface area contributed by atoms with Crippen LogP contribution in [0.5, 0.6) is 11.5 Å². The molecular weight excluding hydrogens is 560 g/mol. The van der Waals surface area contributed by atoms with E-state index in [1.165, 1.54) is 56.9 Å². The zero-order valence-corrected chi connectivity index (χ0v) is 26.3. The number of benzene rings is 2. The van der Waals surface area contributed by atoms with Crippen molar-refractivity contribution in [3.8, 4) is 22.6 Å². The molecule has 0 aromatic heterocycles. The summed E-state index contributed by atoms with van der Waals surface area (Å²) in [7, 11) is 0. The lowest BCUT2D eigenvalue weighted by molar-refractivity contribution is -0.141. The average Bonchev–Trinajstić information content (AvgIpc) is 3.04. The van der Waals surface area contributed by atoms with Crippen LogP contribution in [0.4, 0.5) is 0 Å². The van der Waals surface area contributed by atoms with Gasteiger partial charge in [-0.1, -0.05) is 64.0 Å². The number of carbonyl (C=O) groups excluding carboxylic acids is 2. The van der Waals surface area contributed by atoms with Gasteiger partial charge in [0.25, 0.3) is 0 Å².